The summed E-state index contributed by atoms with van der Waals surface area (Å²) in [5, 5.41) is 20.2. The fourth-order valence-corrected chi connectivity index (χ4v) is 4.25. The maximum Gasteiger partial charge on any atom is 0.335 e. The molecule has 1 fully saturated rings. The molecule has 2 heterocycles. The van der Waals surface area contributed by atoms with Crippen LogP contribution in [0.5, 0.6) is 5.75 Å². The molecule has 0 bridgehead atoms. The van der Waals surface area contributed by atoms with Crippen molar-refractivity contribution >= 4 is 39.3 Å². The molecule has 2 aromatic carbocycles. The van der Waals surface area contributed by atoms with Crippen LogP contribution in [0, 0.1) is 0 Å². The van der Waals surface area contributed by atoms with Crippen LogP contribution in [0.2, 0.25) is 0 Å². The van der Waals surface area contributed by atoms with Gasteiger partial charge in [0, 0.05) is 12.1 Å². The molecule has 33 heavy (non-hydrogen) atoms. The van der Waals surface area contributed by atoms with Crippen LogP contribution < -0.4 is 4.74 Å². The number of benzene rings is 2. The Kier molecular flexibility index (Phi) is 6.06. The fraction of sp³-hybridized carbons (Fsp3) is 0.125. The summed E-state index contributed by atoms with van der Waals surface area (Å²) >= 11 is 3.36. The SMILES string of the molecule is COc1ccc(/C(O)=C2/C(=O)C(=O)N(Cc3ccc(C(=O)O)cc3)C2c2ccco2)cc1Br. The lowest BCUT2D eigenvalue weighted by atomic mass is 9.99. The first-order chi connectivity index (χ1) is 15.8. The Hall–Kier alpha value is -3.85. The zero-order chi connectivity index (χ0) is 23.7. The molecular formula is C24H18BrNO7. The minimum atomic E-state index is -1.07. The number of furan rings is 1. The van der Waals surface area contributed by atoms with Crippen molar-refractivity contribution in [3.63, 3.8) is 0 Å². The van der Waals surface area contributed by atoms with Crippen molar-refractivity contribution in [3.05, 3.63) is 93.4 Å². The van der Waals surface area contributed by atoms with Gasteiger partial charge in [0.05, 0.1) is 29.0 Å². The molecule has 1 aromatic heterocycles. The second kappa shape index (κ2) is 8.95. The molecule has 168 valence electrons. The van der Waals surface area contributed by atoms with Crippen molar-refractivity contribution in [1.82, 2.24) is 4.90 Å². The van der Waals surface area contributed by atoms with Crippen LogP contribution in [0.3, 0.4) is 0 Å². The van der Waals surface area contributed by atoms with Crippen LogP contribution in [-0.2, 0) is 16.1 Å². The number of ether oxygens (including phenoxy) is 1. The number of ketones is 1. The van der Waals surface area contributed by atoms with Crippen LogP contribution >= 0.6 is 15.9 Å². The minimum Gasteiger partial charge on any atom is -0.507 e. The number of rotatable bonds is 6. The maximum atomic E-state index is 13.0. The number of methoxy groups -OCH3 is 1. The van der Waals surface area contributed by atoms with Gasteiger partial charge in [-0.25, -0.2) is 4.79 Å². The number of Topliss-reactive ketones (excluding diaryl/α,β-unsaturated/α-hetero) is 1. The average molecular weight is 512 g/mol. The summed E-state index contributed by atoms with van der Waals surface area (Å²) in [5.41, 5.74) is 0.941. The van der Waals surface area contributed by atoms with Crippen LogP contribution in [0.1, 0.15) is 33.3 Å². The van der Waals surface area contributed by atoms with E-state index in [-0.39, 0.29) is 23.4 Å². The number of hydrogen-bond acceptors (Lipinski definition) is 6. The van der Waals surface area contributed by atoms with Gasteiger partial charge in [0.1, 0.15) is 23.3 Å². The highest BCUT2D eigenvalue weighted by atomic mass is 79.9. The van der Waals surface area contributed by atoms with Gasteiger partial charge in [-0.05, 0) is 64.0 Å². The largest absolute Gasteiger partial charge is 0.507 e. The van der Waals surface area contributed by atoms with Gasteiger partial charge in [-0.1, -0.05) is 12.1 Å². The summed E-state index contributed by atoms with van der Waals surface area (Å²) in [6, 6.07) is 13.1. The Bertz CT molecular complexity index is 1260. The minimum absolute atomic E-state index is 0.0128. The van der Waals surface area contributed by atoms with Crippen LogP contribution in [0.4, 0.5) is 0 Å². The lowest BCUT2D eigenvalue weighted by molar-refractivity contribution is -0.140. The highest BCUT2D eigenvalue weighted by molar-refractivity contribution is 9.10. The smallest absolute Gasteiger partial charge is 0.335 e. The number of nitrogens with zero attached hydrogens (tertiary/aromatic N) is 1. The van der Waals surface area contributed by atoms with Crippen molar-refractivity contribution in [2.75, 3.05) is 7.11 Å². The number of carbonyl (C=O) groups is 3. The summed E-state index contributed by atoms with van der Waals surface area (Å²) in [6.45, 7) is 0.0128. The highest BCUT2D eigenvalue weighted by Crippen LogP contribution is 2.41. The predicted octanol–water partition coefficient (Wildman–Crippen LogP) is 4.37. The standard InChI is InChI=1S/C24H18BrNO7/c1-32-17-9-8-15(11-16(17)25)21(27)19-20(18-3-2-10-33-18)26(23(29)22(19)28)12-13-4-6-14(7-5-13)24(30)31/h2-11,20,27H,12H2,1H3,(H,30,31)/b21-19-. The van der Waals surface area contributed by atoms with Crippen molar-refractivity contribution in [1.29, 1.82) is 0 Å². The van der Waals surface area contributed by atoms with Crippen molar-refractivity contribution in [2.45, 2.75) is 12.6 Å². The van der Waals surface area contributed by atoms with E-state index in [9.17, 15) is 19.5 Å². The first-order valence-electron chi connectivity index (χ1n) is 9.79. The zero-order valence-corrected chi connectivity index (χ0v) is 18.9. The van der Waals surface area contributed by atoms with Crippen LogP contribution in [0.25, 0.3) is 5.76 Å². The zero-order valence-electron chi connectivity index (χ0n) is 17.3. The number of likely N-dealkylation sites (tertiary alicyclic amines) is 1. The molecule has 0 aliphatic carbocycles. The third-order valence-corrected chi connectivity index (χ3v) is 5.95. The Morgan fingerprint density at radius 2 is 1.79 bits per heavy atom. The number of aliphatic hydroxyl groups is 1. The number of carboxylic acids is 1. The molecule has 0 radical (unpaired) electrons. The lowest BCUT2D eigenvalue weighted by Gasteiger charge is -2.23. The van der Waals surface area contributed by atoms with Gasteiger partial charge < -0.3 is 24.3 Å². The third kappa shape index (κ3) is 4.14. The summed E-state index contributed by atoms with van der Waals surface area (Å²) in [5.74, 6) is -2.20. The molecule has 1 aliphatic rings. The fourth-order valence-electron chi connectivity index (χ4n) is 3.70. The van der Waals surface area contributed by atoms with E-state index in [1.165, 1.54) is 30.4 Å². The molecule has 1 unspecified atom stereocenters. The molecule has 3 aromatic rings. The second-order valence-electron chi connectivity index (χ2n) is 7.29. The van der Waals surface area contributed by atoms with Gasteiger partial charge in [-0.15, -0.1) is 0 Å². The summed E-state index contributed by atoms with van der Waals surface area (Å²) in [7, 11) is 1.51. The van der Waals surface area contributed by atoms with Gasteiger partial charge in [-0.3, -0.25) is 9.59 Å². The van der Waals surface area contributed by atoms with Gasteiger partial charge in [0.15, 0.2) is 0 Å². The molecule has 0 saturated carbocycles. The summed E-state index contributed by atoms with van der Waals surface area (Å²) in [6.07, 6.45) is 1.42. The van der Waals surface area contributed by atoms with Crippen LogP contribution in [0.15, 0.2) is 75.3 Å². The number of hydrogen-bond donors (Lipinski definition) is 2. The van der Waals surface area contributed by atoms with Crippen LogP contribution in [-0.4, -0.2) is 39.9 Å². The summed E-state index contributed by atoms with van der Waals surface area (Å²) < 4.78 is 11.3. The molecule has 2 N–H and O–H groups in total. The first kappa shape index (κ1) is 22.3. The number of carbonyl (C=O) groups excluding carboxylic acids is 2. The van der Waals surface area contributed by atoms with E-state index in [0.29, 0.717) is 27.1 Å². The van der Waals surface area contributed by atoms with E-state index in [2.05, 4.69) is 15.9 Å². The predicted molar refractivity (Wildman–Crippen MR) is 121 cm³/mol. The van der Waals surface area contributed by atoms with Crippen molar-refractivity contribution in [3.8, 4) is 5.75 Å². The Labute approximate surface area is 196 Å². The van der Waals surface area contributed by atoms with E-state index in [4.69, 9.17) is 14.3 Å². The van der Waals surface area contributed by atoms with Gasteiger partial charge in [0.25, 0.3) is 11.7 Å². The molecule has 8 nitrogen and oxygen atoms in total. The molecule has 0 spiro atoms. The quantitative estimate of drug-likeness (QED) is 0.286. The van der Waals surface area contributed by atoms with E-state index < -0.39 is 23.7 Å². The van der Waals surface area contributed by atoms with E-state index >= 15 is 0 Å². The van der Waals surface area contributed by atoms with Crippen molar-refractivity contribution in [2.24, 2.45) is 0 Å². The molecule has 1 aliphatic heterocycles. The molecule has 1 atom stereocenters. The first-order valence-corrected chi connectivity index (χ1v) is 10.6. The monoisotopic (exact) mass is 511 g/mol. The molecule has 1 amide bonds. The third-order valence-electron chi connectivity index (χ3n) is 5.33. The number of aromatic carboxylic acids is 1. The Morgan fingerprint density at radius 3 is 2.36 bits per heavy atom. The molecular weight excluding hydrogens is 494 g/mol. The normalized spacial score (nSPS) is 17.4. The number of carboxylic acid groups (broad SMARTS) is 1. The summed E-state index contributed by atoms with van der Waals surface area (Å²) in [4.78, 5) is 38.4. The molecule has 1 saturated heterocycles. The van der Waals surface area contributed by atoms with Gasteiger partial charge in [-0.2, -0.15) is 0 Å². The average Bonchev–Trinajstić information content (AvgIpc) is 3.42. The topological polar surface area (TPSA) is 117 Å². The van der Waals surface area contributed by atoms with E-state index in [0.717, 1.165) is 0 Å². The van der Waals surface area contributed by atoms with Crippen molar-refractivity contribution < 1.29 is 33.8 Å². The van der Waals surface area contributed by atoms with E-state index in [1.807, 2.05) is 0 Å². The number of halogens is 1. The second-order valence-corrected chi connectivity index (χ2v) is 8.15. The Morgan fingerprint density at radius 1 is 1.09 bits per heavy atom. The Balaban J connectivity index is 1.78. The highest BCUT2D eigenvalue weighted by Gasteiger charge is 2.47. The number of aliphatic hydroxyl groups excluding tert-OH is 1. The van der Waals surface area contributed by atoms with E-state index in [1.54, 1.807) is 42.5 Å². The van der Waals surface area contributed by atoms with Gasteiger partial charge in [0.2, 0.25) is 0 Å². The molecule has 4 rings (SSSR count). The van der Waals surface area contributed by atoms with Gasteiger partial charge >= 0.3 is 5.97 Å². The molecule has 9 heteroatoms. The number of amides is 1. The maximum absolute atomic E-state index is 13.0. The lowest BCUT2D eigenvalue weighted by Crippen LogP contribution is -2.29.